The lowest BCUT2D eigenvalue weighted by Gasteiger charge is -2.41. The molecule has 3 nitrogen and oxygen atoms in total. The zero-order chi connectivity index (χ0) is 14.8. The Morgan fingerprint density at radius 1 is 1.35 bits per heavy atom. The van der Waals surface area contributed by atoms with Crippen molar-refractivity contribution in [3.63, 3.8) is 0 Å². The van der Waals surface area contributed by atoms with Crippen molar-refractivity contribution in [3.05, 3.63) is 35.9 Å². The number of carbonyl (C=O) groups excluding carboxylic acids is 1. The molecule has 0 unspecified atom stereocenters. The number of nitrogens with one attached hydrogen (secondary N) is 1. The van der Waals surface area contributed by atoms with Gasteiger partial charge in [-0.15, -0.1) is 0 Å². The zero-order valence-electron chi connectivity index (χ0n) is 11.0. The second-order valence-corrected chi connectivity index (χ2v) is 4.86. The highest BCUT2D eigenvalue weighted by Crippen LogP contribution is 2.39. The highest BCUT2D eigenvalue weighted by molar-refractivity contribution is 5.83. The summed E-state index contributed by atoms with van der Waals surface area (Å²) in [6, 6.07) is 8.03. The van der Waals surface area contributed by atoms with E-state index < -0.39 is 23.7 Å². The van der Waals surface area contributed by atoms with E-state index in [9.17, 15) is 18.0 Å². The highest BCUT2D eigenvalue weighted by atomic mass is 19.4. The number of hydrogen-bond acceptors (Lipinski definition) is 3. The van der Waals surface area contributed by atoms with Gasteiger partial charge in [-0.3, -0.25) is 5.32 Å². The van der Waals surface area contributed by atoms with Gasteiger partial charge < -0.3 is 4.74 Å². The second-order valence-electron chi connectivity index (χ2n) is 4.86. The van der Waals surface area contributed by atoms with Crippen LogP contribution in [-0.4, -0.2) is 24.3 Å². The van der Waals surface area contributed by atoms with Gasteiger partial charge >= 0.3 is 12.1 Å². The molecule has 1 N–H and O–H groups in total. The Bertz CT molecular complexity index is 475. The summed E-state index contributed by atoms with van der Waals surface area (Å²) in [5, 5.41) is 2.47. The van der Waals surface area contributed by atoms with Crippen LogP contribution in [0.2, 0.25) is 0 Å². The van der Waals surface area contributed by atoms with E-state index in [4.69, 9.17) is 4.74 Å². The van der Waals surface area contributed by atoms with Gasteiger partial charge in [0.25, 0.3) is 0 Å². The molecule has 1 aliphatic rings. The SMILES string of the molecule is CCC[C@]1(C(F)(F)F)N[C@H](c2ccccc2)COC1=O. The van der Waals surface area contributed by atoms with Crippen LogP contribution in [0.3, 0.4) is 0 Å². The standard InChI is InChI=1S/C14H16F3NO2/c1-2-8-13(14(15,16)17)12(19)20-9-11(18-13)10-6-4-3-5-7-10/h3-7,11,18H,2,8-9H2,1H3/t11-,13-/m0/s1. The summed E-state index contributed by atoms with van der Waals surface area (Å²) in [7, 11) is 0. The summed E-state index contributed by atoms with van der Waals surface area (Å²) < 4.78 is 44.9. The molecule has 1 aliphatic heterocycles. The predicted molar refractivity (Wildman–Crippen MR) is 67.0 cm³/mol. The Labute approximate surface area is 115 Å². The topological polar surface area (TPSA) is 38.3 Å². The molecule has 20 heavy (non-hydrogen) atoms. The summed E-state index contributed by atoms with van der Waals surface area (Å²) in [6.45, 7) is 1.51. The molecule has 6 heteroatoms. The van der Waals surface area contributed by atoms with Crippen molar-refractivity contribution in [2.24, 2.45) is 0 Å². The first-order chi connectivity index (χ1) is 9.40. The van der Waals surface area contributed by atoms with Crippen LogP contribution in [0.4, 0.5) is 13.2 Å². The molecule has 0 aliphatic carbocycles. The monoisotopic (exact) mass is 287 g/mol. The van der Waals surface area contributed by atoms with Crippen LogP contribution in [0.25, 0.3) is 0 Å². The minimum atomic E-state index is -4.69. The fourth-order valence-electron chi connectivity index (χ4n) is 2.43. The minimum Gasteiger partial charge on any atom is -0.462 e. The molecule has 0 saturated carbocycles. The molecule has 110 valence electrons. The Hall–Kier alpha value is -1.56. The lowest BCUT2D eigenvalue weighted by atomic mass is 9.89. The van der Waals surface area contributed by atoms with Crippen LogP contribution >= 0.6 is 0 Å². The second kappa shape index (κ2) is 5.44. The number of rotatable bonds is 3. The minimum absolute atomic E-state index is 0.0929. The molecule has 2 atom stereocenters. The molecule has 0 radical (unpaired) electrons. The summed E-state index contributed by atoms with van der Waals surface area (Å²) in [4.78, 5) is 11.7. The van der Waals surface area contributed by atoms with E-state index in [0.717, 1.165) is 0 Å². The number of halogens is 3. The molecule has 0 bridgehead atoms. The molecule has 1 heterocycles. The van der Waals surface area contributed by atoms with E-state index in [1.54, 1.807) is 37.3 Å². The van der Waals surface area contributed by atoms with Crippen LogP contribution in [-0.2, 0) is 9.53 Å². The quantitative estimate of drug-likeness (QED) is 0.869. The van der Waals surface area contributed by atoms with Gasteiger partial charge in [0, 0.05) is 0 Å². The summed E-state index contributed by atoms with van der Waals surface area (Å²) in [6.07, 6.45) is -4.80. The first kappa shape index (κ1) is 14.8. The van der Waals surface area contributed by atoms with E-state index in [-0.39, 0.29) is 19.4 Å². The first-order valence-electron chi connectivity index (χ1n) is 6.47. The predicted octanol–water partition coefficient (Wildman–Crippen LogP) is 2.98. The van der Waals surface area contributed by atoms with Crippen LogP contribution in [0.1, 0.15) is 31.4 Å². The zero-order valence-corrected chi connectivity index (χ0v) is 11.0. The number of morpholine rings is 1. The highest BCUT2D eigenvalue weighted by Gasteiger charge is 2.63. The third kappa shape index (κ3) is 2.52. The van der Waals surface area contributed by atoms with E-state index in [1.165, 1.54) is 0 Å². The van der Waals surface area contributed by atoms with E-state index in [0.29, 0.717) is 5.56 Å². The Morgan fingerprint density at radius 3 is 2.55 bits per heavy atom. The number of benzene rings is 1. The van der Waals surface area contributed by atoms with Crippen molar-refractivity contribution in [2.75, 3.05) is 6.61 Å². The normalized spacial score (nSPS) is 27.2. The van der Waals surface area contributed by atoms with Crippen molar-refractivity contribution in [1.82, 2.24) is 5.32 Å². The Balaban J connectivity index is 2.33. The third-order valence-electron chi connectivity index (χ3n) is 3.46. The number of cyclic esters (lactones) is 1. The van der Waals surface area contributed by atoms with Gasteiger partial charge in [0.15, 0.2) is 0 Å². The first-order valence-corrected chi connectivity index (χ1v) is 6.47. The molecular weight excluding hydrogens is 271 g/mol. The van der Waals surface area contributed by atoms with Crippen LogP contribution in [0, 0.1) is 0 Å². The molecule has 1 fully saturated rings. The van der Waals surface area contributed by atoms with E-state index >= 15 is 0 Å². The number of carbonyl (C=O) groups is 1. The van der Waals surface area contributed by atoms with Gasteiger partial charge in [-0.25, -0.2) is 4.79 Å². The summed E-state index contributed by atoms with van der Waals surface area (Å²) in [5.41, 5.74) is -1.94. The van der Waals surface area contributed by atoms with Crippen molar-refractivity contribution in [2.45, 2.75) is 37.5 Å². The van der Waals surface area contributed by atoms with Gasteiger partial charge in [-0.2, -0.15) is 13.2 Å². The van der Waals surface area contributed by atoms with Gasteiger partial charge in [0.2, 0.25) is 5.54 Å². The third-order valence-corrected chi connectivity index (χ3v) is 3.46. The summed E-state index contributed by atoms with van der Waals surface area (Å²) in [5.74, 6) is -1.24. The number of alkyl halides is 3. The lowest BCUT2D eigenvalue weighted by Crippen LogP contribution is -2.67. The largest absolute Gasteiger partial charge is 0.462 e. The number of esters is 1. The van der Waals surface area contributed by atoms with Crippen molar-refractivity contribution in [3.8, 4) is 0 Å². The fourth-order valence-corrected chi connectivity index (χ4v) is 2.43. The average Bonchev–Trinajstić information content (AvgIpc) is 2.41. The van der Waals surface area contributed by atoms with Gasteiger partial charge in [0.05, 0.1) is 6.04 Å². The number of ether oxygens (including phenoxy) is 1. The van der Waals surface area contributed by atoms with E-state index in [1.807, 2.05) is 0 Å². The van der Waals surface area contributed by atoms with E-state index in [2.05, 4.69) is 5.32 Å². The molecule has 0 aromatic heterocycles. The molecule has 1 aromatic carbocycles. The van der Waals surface area contributed by atoms with Crippen LogP contribution in [0.15, 0.2) is 30.3 Å². The van der Waals surface area contributed by atoms with Gasteiger partial charge in [-0.05, 0) is 12.0 Å². The van der Waals surface area contributed by atoms with Crippen LogP contribution in [0.5, 0.6) is 0 Å². The molecular formula is C14H16F3NO2. The summed E-state index contributed by atoms with van der Waals surface area (Å²) >= 11 is 0. The van der Waals surface area contributed by atoms with Gasteiger partial charge in [-0.1, -0.05) is 43.7 Å². The maximum Gasteiger partial charge on any atom is 0.417 e. The molecule has 1 aromatic rings. The smallest absolute Gasteiger partial charge is 0.417 e. The molecule has 0 spiro atoms. The lowest BCUT2D eigenvalue weighted by molar-refractivity contribution is -0.226. The van der Waals surface area contributed by atoms with Crippen molar-refractivity contribution >= 4 is 5.97 Å². The molecule has 0 amide bonds. The maximum absolute atomic E-state index is 13.4. The maximum atomic E-state index is 13.4. The van der Waals surface area contributed by atoms with Crippen molar-refractivity contribution < 1.29 is 22.7 Å². The molecule has 1 saturated heterocycles. The number of hydrogen-bond donors (Lipinski definition) is 1. The Kier molecular flexibility index (Phi) is 4.04. The molecule has 2 rings (SSSR count). The van der Waals surface area contributed by atoms with Crippen LogP contribution < -0.4 is 5.32 Å². The van der Waals surface area contributed by atoms with Crippen molar-refractivity contribution in [1.29, 1.82) is 0 Å². The fraction of sp³-hybridized carbons (Fsp3) is 0.500. The Morgan fingerprint density at radius 2 is 2.00 bits per heavy atom. The van der Waals surface area contributed by atoms with Gasteiger partial charge in [0.1, 0.15) is 6.61 Å². The average molecular weight is 287 g/mol.